The molecule has 1 unspecified atom stereocenters. The highest BCUT2D eigenvalue weighted by Crippen LogP contribution is 2.25. The number of sulfonamides is 1. The Balaban J connectivity index is 1.67. The molecule has 0 aliphatic carbocycles. The zero-order valence-electron chi connectivity index (χ0n) is 17.8. The van der Waals surface area contributed by atoms with E-state index in [4.69, 9.17) is 9.88 Å². The third-order valence-electron chi connectivity index (χ3n) is 4.77. The van der Waals surface area contributed by atoms with Crippen molar-refractivity contribution in [2.75, 3.05) is 6.54 Å². The predicted molar refractivity (Wildman–Crippen MR) is 118 cm³/mol. The zero-order valence-corrected chi connectivity index (χ0v) is 19.4. The van der Waals surface area contributed by atoms with E-state index in [1.165, 1.54) is 6.07 Å². The molecule has 10 heteroatoms. The van der Waals surface area contributed by atoms with Gasteiger partial charge in [0.05, 0.1) is 12.5 Å². The van der Waals surface area contributed by atoms with Gasteiger partial charge in [0, 0.05) is 18.0 Å². The van der Waals surface area contributed by atoms with Crippen molar-refractivity contribution in [2.24, 2.45) is 5.14 Å². The maximum absolute atomic E-state index is 12.8. The molecule has 2 aromatic rings. The van der Waals surface area contributed by atoms with Crippen LogP contribution in [0.4, 0.5) is 4.79 Å². The first-order chi connectivity index (χ1) is 14.4. The molecule has 0 saturated carbocycles. The number of carbonyl (C=O) groups excluding carboxylic acids is 2. The SMILES string of the molecule is CC(C)(C)OC(=O)N1Cc2ccccc2CC1CNC(=O)Cc1ccc(S(N)(=O)=O)s1. The Morgan fingerprint density at radius 3 is 2.48 bits per heavy atom. The fourth-order valence-corrected chi connectivity index (χ4v) is 5.14. The number of hydrogen-bond acceptors (Lipinski definition) is 6. The maximum atomic E-state index is 12.8. The minimum Gasteiger partial charge on any atom is -0.444 e. The number of nitrogens with one attached hydrogen (secondary N) is 1. The molecule has 0 radical (unpaired) electrons. The Morgan fingerprint density at radius 2 is 1.87 bits per heavy atom. The molecule has 1 atom stereocenters. The first-order valence-electron chi connectivity index (χ1n) is 9.87. The molecule has 0 fully saturated rings. The summed E-state index contributed by atoms with van der Waals surface area (Å²) in [6, 6.07) is 10.6. The molecule has 31 heavy (non-hydrogen) atoms. The number of nitrogens with two attached hydrogens (primary N) is 1. The van der Waals surface area contributed by atoms with E-state index >= 15 is 0 Å². The Kier molecular flexibility index (Phi) is 6.73. The molecule has 2 heterocycles. The highest BCUT2D eigenvalue weighted by molar-refractivity contribution is 7.91. The molecule has 1 aromatic heterocycles. The van der Waals surface area contributed by atoms with E-state index in [0.717, 1.165) is 22.5 Å². The van der Waals surface area contributed by atoms with Gasteiger partial charge in [-0.1, -0.05) is 24.3 Å². The topological polar surface area (TPSA) is 119 Å². The van der Waals surface area contributed by atoms with Gasteiger partial charge in [-0.2, -0.15) is 0 Å². The summed E-state index contributed by atoms with van der Waals surface area (Å²) in [5.41, 5.74) is 1.57. The second-order valence-electron chi connectivity index (χ2n) is 8.48. The Bertz CT molecular complexity index is 1070. The van der Waals surface area contributed by atoms with Crippen LogP contribution in [0.2, 0.25) is 0 Å². The zero-order chi connectivity index (χ0) is 22.8. The standard InChI is InChI=1S/C21H27N3O5S2/c1-21(2,3)29-20(26)24-13-15-7-5-4-6-14(15)10-16(24)12-23-18(25)11-17-8-9-19(30-17)31(22,27)28/h4-9,16H,10-13H2,1-3H3,(H,23,25)(H2,22,27,28). The number of primary sulfonamides is 1. The van der Waals surface area contributed by atoms with Gasteiger partial charge in [-0.25, -0.2) is 18.4 Å². The number of fused-ring (bicyclic) bond motifs is 1. The molecule has 168 valence electrons. The van der Waals surface area contributed by atoms with Crippen molar-refractivity contribution in [2.45, 2.75) is 56.0 Å². The molecule has 1 aliphatic rings. The van der Waals surface area contributed by atoms with Gasteiger partial charge in [0.1, 0.15) is 9.81 Å². The van der Waals surface area contributed by atoms with E-state index < -0.39 is 21.7 Å². The molecule has 2 amide bonds. The quantitative estimate of drug-likeness (QED) is 0.703. The smallest absolute Gasteiger partial charge is 0.410 e. The lowest BCUT2D eigenvalue weighted by Crippen LogP contribution is -2.51. The van der Waals surface area contributed by atoms with Crippen molar-refractivity contribution in [1.82, 2.24) is 10.2 Å². The molecule has 0 spiro atoms. The number of benzene rings is 1. The summed E-state index contributed by atoms with van der Waals surface area (Å²) >= 11 is 0.974. The summed E-state index contributed by atoms with van der Waals surface area (Å²) in [5, 5.41) is 7.98. The lowest BCUT2D eigenvalue weighted by molar-refractivity contribution is -0.120. The van der Waals surface area contributed by atoms with Gasteiger partial charge in [-0.15, -0.1) is 11.3 Å². The molecule has 1 aromatic carbocycles. The Labute approximate surface area is 186 Å². The van der Waals surface area contributed by atoms with Crippen LogP contribution in [-0.4, -0.2) is 43.5 Å². The number of carbonyl (C=O) groups is 2. The van der Waals surface area contributed by atoms with Crippen LogP contribution in [-0.2, 0) is 38.9 Å². The first kappa shape index (κ1) is 23.2. The van der Waals surface area contributed by atoms with Crippen LogP contribution in [0, 0.1) is 0 Å². The minimum atomic E-state index is -3.78. The third-order valence-corrected chi connectivity index (χ3v) is 7.29. The number of hydrogen-bond donors (Lipinski definition) is 2. The van der Waals surface area contributed by atoms with Gasteiger partial charge < -0.3 is 10.1 Å². The number of nitrogens with zero attached hydrogens (tertiary/aromatic N) is 1. The predicted octanol–water partition coefficient (Wildman–Crippen LogP) is 2.42. The summed E-state index contributed by atoms with van der Waals surface area (Å²) in [6.07, 6.45) is 0.220. The van der Waals surface area contributed by atoms with Crippen molar-refractivity contribution in [1.29, 1.82) is 0 Å². The highest BCUT2D eigenvalue weighted by atomic mass is 32.2. The lowest BCUT2D eigenvalue weighted by Gasteiger charge is -2.37. The van der Waals surface area contributed by atoms with Gasteiger partial charge in [0.25, 0.3) is 0 Å². The maximum Gasteiger partial charge on any atom is 0.410 e. The Hall–Kier alpha value is -2.43. The van der Waals surface area contributed by atoms with Crippen molar-refractivity contribution >= 4 is 33.4 Å². The number of amides is 2. The van der Waals surface area contributed by atoms with E-state index in [2.05, 4.69) is 5.32 Å². The van der Waals surface area contributed by atoms with E-state index in [9.17, 15) is 18.0 Å². The molecule has 0 saturated heterocycles. The number of ether oxygens (including phenoxy) is 1. The fourth-order valence-electron chi connectivity index (χ4n) is 3.36. The van der Waals surface area contributed by atoms with Crippen LogP contribution >= 0.6 is 11.3 Å². The van der Waals surface area contributed by atoms with Gasteiger partial charge in [-0.05, 0) is 50.5 Å². The second-order valence-corrected chi connectivity index (χ2v) is 11.4. The summed E-state index contributed by atoms with van der Waals surface area (Å²) in [6.45, 7) is 6.12. The largest absolute Gasteiger partial charge is 0.444 e. The van der Waals surface area contributed by atoms with Crippen LogP contribution in [0.1, 0.15) is 36.8 Å². The summed E-state index contributed by atoms with van der Waals surface area (Å²) in [7, 11) is -3.78. The van der Waals surface area contributed by atoms with Gasteiger partial charge in [0.15, 0.2) is 0 Å². The van der Waals surface area contributed by atoms with E-state index in [0.29, 0.717) is 17.8 Å². The molecular weight excluding hydrogens is 438 g/mol. The molecule has 3 rings (SSSR count). The average Bonchev–Trinajstić information content (AvgIpc) is 3.13. The summed E-state index contributed by atoms with van der Waals surface area (Å²) in [4.78, 5) is 27.5. The van der Waals surface area contributed by atoms with Gasteiger partial charge in [0.2, 0.25) is 15.9 Å². The van der Waals surface area contributed by atoms with E-state index in [-0.39, 0.29) is 29.1 Å². The van der Waals surface area contributed by atoms with Gasteiger partial charge in [-0.3, -0.25) is 9.69 Å². The van der Waals surface area contributed by atoms with Crippen LogP contribution in [0.25, 0.3) is 0 Å². The summed E-state index contributed by atoms with van der Waals surface area (Å²) in [5.74, 6) is -0.259. The van der Waals surface area contributed by atoms with Crippen molar-refractivity contribution in [3.05, 3.63) is 52.4 Å². The van der Waals surface area contributed by atoms with Crippen LogP contribution in [0.5, 0.6) is 0 Å². The highest BCUT2D eigenvalue weighted by Gasteiger charge is 2.33. The first-order valence-corrected chi connectivity index (χ1v) is 12.2. The minimum absolute atomic E-state index is 0.0234. The number of thiophene rings is 1. The molecule has 0 bridgehead atoms. The monoisotopic (exact) mass is 465 g/mol. The normalized spacial score (nSPS) is 16.5. The fraction of sp³-hybridized carbons (Fsp3) is 0.429. The molecule has 3 N–H and O–H groups in total. The lowest BCUT2D eigenvalue weighted by atomic mass is 9.94. The molecule has 8 nitrogen and oxygen atoms in total. The average molecular weight is 466 g/mol. The summed E-state index contributed by atoms with van der Waals surface area (Å²) < 4.78 is 28.4. The van der Waals surface area contributed by atoms with Crippen molar-refractivity contribution < 1.29 is 22.7 Å². The van der Waals surface area contributed by atoms with Crippen LogP contribution in [0.3, 0.4) is 0 Å². The molecular formula is C21H27N3O5S2. The van der Waals surface area contributed by atoms with Crippen molar-refractivity contribution in [3.8, 4) is 0 Å². The van der Waals surface area contributed by atoms with Crippen LogP contribution < -0.4 is 10.5 Å². The van der Waals surface area contributed by atoms with Gasteiger partial charge >= 0.3 is 6.09 Å². The van der Waals surface area contributed by atoms with E-state index in [1.54, 1.807) is 11.0 Å². The van der Waals surface area contributed by atoms with E-state index in [1.807, 2.05) is 45.0 Å². The second kappa shape index (κ2) is 8.97. The van der Waals surface area contributed by atoms with Crippen LogP contribution in [0.15, 0.2) is 40.6 Å². The van der Waals surface area contributed by atoms with Crippen molar-refractivity contribution in [3.63, 3.8) is 0 Å². The Morgan fingerprint density at radius 1 is 1.19 bits per heavy atom. The number of rotatable bonds is 5. The third kappa shape index (κ3) is 6.28. The molecule has 1 aliphatic heterocycles.